The number of carbonyl (C=O) groups excluding carboxylic acids is 1. The Bertz CT molecular complexity index is 954. The third kappa shape index (κ3) is 6.69. The monoisotopic (exact) mass is 454 g/mol. The molecule has 0 radical (unpaired) electrons. The van der Waals surface area contributed by atoms with E-state index in [1.807, 2.05) is 22.8 Å². The topological polar surface area (TPSA) is 86.3 Å². The van der Waals surface area contributed by atoms with Gasteiger partial charge in [0, 0.05) is 57.4 Å². The van der Waals surface area contributed by atoms with Gasteiger partial charge in [-0.3, -0.25) is 14.3 Å². The van der Waals surface area contributed by atoms with Gasteiger partial charge in [0.1, 0.15) is 5.82 Å². The molecule has 0 unspecified atom stereocenters. The number of benzene rings is 1. The number of unbranched alkanes of at least 4 members (excludes halogenated alkanes) is 1. The fourth-order valence-corrected chi connectivity index (χ4v) is 5.19. The van der Waals surface area contributed by atoms with Gasteiger partial charge in [-0.05, 0) is 56.3 Å². The van der Waals surface area contributed by atoms with Crippen LogP contribution in [0.5, 0.6) is 0 Å². The molecule has 33 heavy (non-hydrogen) atoms. The number of hydrogen-bond donors (Lipinski definition) is 2. The van der Waals surface area contributed by atoms with Crippen LogP contribution in [0.2, 0.25) is 0 Å². The van der Waals surface area contributed by atoms with Gasteiger partial charge < -0.3 is 10.2 Å². The zero-order chi connectivity index (χ0) is 23.0. The quantitative estimate of drug-likeness (QED) is 0.568. The number of carbonyl (C=O) groups is 1. The van der Waals surface area contributed by atoms with Crippen molar-refractivity contribution in [3.05, 3.63) is 40.6 Å². The first-order valence-electron chi connectivity index (χ1n) is 12.6. The van der Waals surface area contributed by atoms with Crippen molar-refractivity contribution in [1.82, 2.24) is 19.7 Å². The molecule has 2 aromatic rings. The van der Waals surface area contributed by atoms with Crippen LogP contribution in [-0.2, 0) is 17.8 Å². The highest BCUT2D eigenvalue weighted by Gasteiger charge is 2.19. The lowest BCUT2D eigenvalue weighted by molar-refractivity contribution is -0.114. The highest BCUT2D eigenvalue weighted by Crippen LogP contribution is 2.25. The number of rotatable bonds is 9. The molecular weight excluding hydrogens is 416 g/mol. The van der Waals surface area contributed by atoms with Gasteiger partial charge in [0.05, 0.1) is 0 Å². The van der Waals surface area contributed by atoms with Crippen molar-refractivity contribution in [2.75, 3.05) is 42.9 Å². The van der Waals surface area contributed by atoms with E-state index in [9.17, 15) is 9.59 Å². The minimum atomic E-state index is -0.0470. The Labute approximate surface area is 196 Å². The highest BCUT2D eigenvalue weighted by molar-refractivity contribution is 5.89. The Balaban J connectivity index is 1.18. The summed E-state index contributed by atoms with van der Waals surface area (Å²) in [7, 11) is 0. The molecule has 2 fully saturated rings. The molecule has 180 valence electrons. The zero-order valence-corrected chi connectivity index (χ0v) is 19.9. The van der Waals surface area contributed by atoms with Crippen molar-refractivity contribution < 1.29 is 4.79 Å². The van der Waals surface area contributed by atoms with Crippen LogP contribution >= 0.6 is 0 Å². The lowest BCUT2D eigenvalue weighted by atomic mass is 9.89. The molecule has 1 aromatic heterocycles. The molecule has 2 heterocycles. The second-order valence-electron chi connectivity index (χ2n) is 9.58. The minimum absolute atomic E-state index is 0.0437. The summed E-state index contributed by atoms with van der Waals surface area (Å²) in [5, 5.41) is 9.85. The summed E-state index contributed by atoms with van der Waals surface area (Å²) in [6.45, 7) is 7.51. The van der Waals surface area contributed by atoms with Crippen LogP contribution in [0, 0.1) is 5.92 Å². The van der Waals surface area contributed by atoms with Gasteiger partial charge in [-0.1, -0.05) is 25.3 Å². The van der Waals surface area contributed by atoms with Gasteiger partial charge in [-0.25, -0.2) is 9.89 Å². The maximum Gasteiger partial charge on any atom is 0.343 e. The van der Waals surface area contributed by atoms with E-state index in [0.717, 1.165) is 75.7 Å². The number of anilines is 2. The summed E-state index contributed by atoms with van der Waals surface area (Å²) in [4.78, 5) is 28.4. The Morgan fingerprint density at radius 3 is 2.67 bits per heavy atom. The molecule has 0 bridgehead atoms. The Hall–Kier alpha value is -2.61. The average Bonchev–Trinajstić information content (AvgIpc) is 3.16. The molecular formula is C25H38N6O2. The molecule has 1 aliphatic carbocycles. The zero-order valence-electron chi connectivity index (χ0n) is 19.9. The molecule has 8 heteroatoms. The highest BCUT2D eigenvalue weighted by atomic mass is 16.2. The van der Waals surface area contributed by atoms with Gasteiger partial charge >= 0.3 is 5.69 Å². The van der Waals surface area contributed by atoms with Gasteiger partial charge in [0.15, 0.2) is 0 Å². The van der Waals surface area contributed by atoms with E-state index >= 15 is 0 Å². The summed E-state index contributed by atoms with van der Waals surface area (Å²) in [5.41, 5.74) is 1.97. The van der Waals surface area contributed by atoms with E-state index in [-0.39, 0.29) is 11.6 Å². The normalized spacial score (nSPS) is 17.9. The predicted octanol–water partition coefficient (Wildman–Crippen LogP) is 3.26. The van der Waals surface area contributed by atoms with Crippen molar-refractivity contribution >= 4 is 17.3 Å². The molecule has 4 rings (SSSR count). The number of aryl methyl sites for hydroxylation is 1. The smallest absolute Gasteiger partial charge is 0.343 e. The molecule has 8 nitrogen and oxygen atoms in total. The van der Waals surface area contributed by atoms with Crippen molar-refractivity contribution in [3.63, 3.8) is 0 Å². The summed E-state index contributed by atoms with van der Waals surface area (Å²) >= 11 is 0. The van der Waals surface area contributed by atoms with Gasteiger partial charge in [-0.15, -0.1) is 0 Å². The molecule has 1 amide bonds. The molecule has 2 aliphatic rings. The number of nitrogens with zero attached hydrogens (tertiary/aromatic N) is 4. The third-order valence-electron chi connectivity index (χ3n) is 7.03. The van der Waals surface area contributed by atoms with Crippen LogP contribution in [0.4, 0.5) is 11.4 Å². The largest absolute Gasteiger partial charge is 0.369 e. The Kier molecular flexibility index (Phi) is 8.20. The SMILES string of the molecule is CC(=O)Nc1cccc(N2CCN(CCCCc3n[nH]c(=O)n3CC3CCCCC3)CC2)c1. The first-order valence-corrected chi connectivity index (χ1v) is 12.6. The summed E-state index contributed by atoms with van der Waals surface area (Å²) < 4.78 is 1.89. The molecule has 1 saturated heterocycles. The van der Waals surface area contributed by atoms with E-state index < -0.39 is 0 Å². The summed E-state index contributed by atoms with van der Waals surface area (Å²) in [6, 6.07) is 8.08. The van der Waals surface area contributed by atoms with Gasteiger partial charge in [-0.2, -0.15) is 5.10 Å². The van der Waals surface area contributed by atoms with E-state index in [4.69, 9.17) is 0 Å². The molecule has 0 atom stereocenters. The number of aromatic amines is 1. The molecule has 1 aromatic carbocycles. The third-order valence-corrected chi connectivity index (χ3v) is 7.03. The van der Waals surface area contributed by atoms with Crippen LogP contribution in [-0.4, -0.2) is 58.3 Å². The number of amides is 1. The maximum absolute atomic E-state index is 12.2. The standard InChI is InChI=1S/C25H38N6O2/c1-20(32)26-22-10-7-11-23(18-22)30-16-14-29(15-17-30)13-6-5-12-24-27-28-25(33)31(24)19-21-8-3-2-4-9-21/h7,10-11,18,21H,2-6,8-9,12-17,19H2,1H3,(H,26,32)(H,28,33). The molecule has 2 N–H and O–H groups in total. The molecule has 1 saturated carbocycles. The second-order valence-corrected chi connectivity index (χ2v) is 9.58. The fraction of sp³-hybridized carbons (Fsp3) is 0.640. The van der Waals surface area contributed by atoms with Crippen LogP contribution < -0.4 is 15.9 Å². The minimum Gasteiger partial charge on any atom is -0.369 e. The molecule has 1 aliphatic heterocycles. The Morgan fingerprint density at radius 2 is 1.91 bits per heavy atom. The first kappa shape index (κ1) is 23.5. The van der Waals surface area contributed by atoms with Crippen molar-refractivity contribution in [2.24, 2.45) is 5.92 Å². The number of H-pyrrole nitrogens is 1. The number of nitrogens with one attached hydrogen (secondary N) is 2. The first-order chi connectivity index (χ1) is 16.1. The van der Waals surface area contributed by atoms with E-state index in [1.165, 1.54) is 39.0 Å². The fourth-order valence-electron chi connectivity index (χ4n) is 5.19. The van der Waals surface area contributed by atoms with Crippen molar-refractivity contribution in [1.29, 1.82) is 0 Å². The van der Waals surface area contributed by atoms with Crippen molar-refractivity contribution in [3.8, 4) is 0 Å². The second kappa shape index (κ2) is 11.5. The maximum atomic E-state index is 12.2. The van der Waals surface area contributed by atoms with E-state index in [1.54, 1.807) is 0 Å². The average molecular weight is 455 g/mol. The van der Waals surface area contributed by atoms with Gasteiger partial charge in [0.25, 0.3) is 0 Å². The van der Waals surface area contributed by atoms with Crippen LogP contribution in [0.1, 0.15) is 57.7 Å². The molecule has 0 spiro atoms. The van der Waals surface area contributed by atoms with Crippen LogP contribution in [0.3, 0.4) is 0 Å². The van der Waals surface area contributed by atoms with Crippen molar-refractivity contribution in [2.45, 2.75) is 64.8 Å². The summed E-state index contributed by atoms with van der Waals surface area (Å²) in [5.74, 6) is 1.51. The Morgan fingerprint density at radius 1 is 1.12 bits per heavy atom. The summed E-state index contributed by atoms with van der Waals surface area (Å²) in [6.07, 6.45) is 9.42. The number of aromatic nitrogens is 3. The number of hydrogen-bond acceptors (Lipinski definition) is 5. The van der Waals surface area contributed by atoms with Crippen LogP contribution in [0.25, 0.3) is 0 Å². The lowest BCUT2D eigenvalue weighted by Gasteiger charge is -2.36. The van der Waals surface area contributed by atoms with E-state index in [2.05, 4.69) is 31.4 Å². The number of piperazine rings is 1. The van der Waals surface area contributed by atoms with E-state index in [0.29, 0.717) is 5.92 Å². The van der Waals surface area contributed by atoms with Gasteiger partial charge in [0.2, 0.25) is 5.91 Å². The predicted molar refractivity (Wildman–Crippen MR) is 132 cm³/mol. The lowest BCUT2D eigenvalue weighted by Crippen LogP contribution is -2.46. The van der Waals surface area contributed by atoms with Crippen LogP contribution in [0.15, 0.2) is 29.1 Å².